The van der Waals surface area contributed by atoms with Crippen LogP contribution in [0.2, 0.25) is 0 Å². The van der Waals surface area contributed by atoms with E-state index in [0.29, 0.717) is 17.5 Å². The zero-order valence-electron chi connectivity index (χ0n) is 28.0. The molecule has 0 radical (unpaired) electrons. The first kappa shape index (κ1) is 29.4. The Morgan fingerprint density at radius 2 is 0.827 bits per heavy atom. The molecule has 9 aromatic rings. The fourth-order valence-electron chi connectivity index (χ4n) is 8.58. The monoisotopic (exact) mass is 679 g/mol. The van der Waals surface area contributed by atoms with Gasteiger partial charge in [-0.05, 0) is 54.9 Å². The van der Waals surface area contributed by atoms with Crippen molar-refractivity contribution in [1.82, 2.24) is 15.0 Å². The molecule has 2 aliphatic rings. The predicted molar refractivity (Wildman–Crippen MR) is 213 cm³/mol. The Bertz CT molecular complexity index is 2740. The second kappa shape index (κ2) is 11.3. The van der Waals surface area contributed by atoms with Gasteiger partial charge < -0.3 is 0 Å². The zero-order valence-corrected chi connectivity index (χ0v) is 28.8. The number of benzene rings is 8. The fraction of sp³-hybridized carbons (Fsp3) is 0.0208. The van der Waals surface area contributed by atoms with Gasteiger partial charge in [0.15, 0.2) is 17.5 Å². The molecule has 0 saturated heterocycles. The Kier molecular flexibility index (Phi) is 6.40. The first-order chi connectivity index (χ1) is 25.8. The molecule has 0 fully saturated rings. The Balaban J connectivity index is 1.30. The molecule has 8 aromatic carbocycles. The number of hydrogen-bond acceptors (Lipinski definition) is 4. The first-order valence-corrected chi connectivity index (χ1v) is 18.4. The van der Waals surface area contributed by atoms with Gasteiger partial charge in [0, 0.05) is 26.5 Å². The fourth-order valence-corrected chi connectivity index (χ4v) is 10.0. The third-order valence-corrected chi connectivity index (χ3v) is 12.1. The molecule has 0 saturated carbocycles. The van der Waals surface area contributed by atoms with Crippen LogP contribution in [0.4, 0.5) is 0 Å². The van der Waals surface area contributed by atoms with E-state index in [9.17, 15) is 0 Å². The largest absolute Gasteiger partial charge is 0.208 e. The van der Waals surface area contributed by atoms with Crippen LogP contribution in [0, 0.1) is 0 Å². The molecule has 11 rings (SSSR count). The number of hydrogen-bond donors (Lipinski definition) is 0. The SMILES string of the molecule is c1ccc(-c2nc(-c3ccccc3)nc(-c3cccc4c3C3(c5ccccc5-4)c4ccc5ccccc5c4Sc4c3ccc3ccccc43)n2)cc1. The highest BCUT2D eigenvalue weighted by atomic mass is 32.2. The van der Waals surface area contributed by atoms with Crippen molar-refractivity contribution in [2.45, 2.75) is 15.2 Å². The molecule has 0 bridgehead atoms. The maximum atomic E-state index is 5.30. The average molecular weight is 680 g/mol. The standard InChI is InChI=1S/C48H29N3S/c1-3-16-32(17-4-1)45-49-46(33-18-5-2-6-19-33)51-47(50-45)38-24-13-23-37-36-22-11-12-25-39(36)48(42(37)38)40-28-26-30-14-7-9-20-34(30)43(40)52-44-35-21-10-8-15-31(35)27-29-41(44)48/h1-29H. The van der Waals surface area contributed by atoms with Crippen LogP contribution < -0.4 is 0 Å². The maximum Gasteiger partial charge on any atom is 0.164 e. The van der Waals surface area contributed by atoms with Crippen LogP contribution in [0.1, 0.15) is 22.3 Å². The van der Waals surface area contributed by atoms with Crippen LogP contribution in [-0.4, -0.2) is 15.0 Å². The lowest BCUT2D eigenvalue weighted by atomic mass is 9.65. The van der Waals surface area contributed by atoms with Crippen LogP contribution in [0.15, 0.2) is 186 Å². The Morgan fingerprint density at radius 1 is 0.346 bits per heavy atom. The highest BCUT2D eigenvalue weighted by Crippen LogP contribution is 2.65. The highest BCUT2D eigenvalue weighted by molar-refractivity contribution is 8.00. The van der Waals surface area contributed by atoms with E-state index in [2.05, 4.69) is 140 Å². The Hall–Kier alpha value is -6.36. The van der Waals surface area contributed by atoms with Gasteiger partial charge in [0.25, 0.3) is 0 Å². The summed E-state index contributed by atoms with van der Waals surface area (Å²) in [5, 5.41) is 5.02. The van der Waals surface area contributed by atoms with Crippen molar-refractivity contribution >= 4 is 33.3 Å². The van der Waals surface area contributed by atoms with Crippen molar-refractivity contribution < 1.29 is 0 Å². The lowest BCUT2D eigenvalue weighted by molar-refractivity contribution is 0.729. The van der Waals surface area contributed by atoms with E-state index in [1.165, 1.54) is 64.7 Å². The molecule has 0 amide bonds. The number of rotatable bonds is 3. The summed E-state index contributed by atoms with van der Waals surface area (Å²) in [5.74, 6) is 1.98. The van der Waals surface area contributed by atoms with Crippen molar-refractivity contribution in [2.75, 3.05) is 0 Å². The minimum Gasteiger partial charge on any atom is -0.208 e. The normalized spacial score (nSPS) is 13.5. The van der Waals surface area contributed by atoms with Crippen LogP contribution >= 0.6 is 11.8 Å². The lowest BCUT2D eigenvalue weighted by Gasteiger charge is -2.41. The molecule has 4 heteroatoms. The second-order valence-electron chi connectivity index (χ2n) is 13.5. The average Bonchev–Trinajstić information content (AvgIpc) is 3.52. The summed E-state index contributed by atoms with van der Waals surface area (Å²) in [6, 6.07) is 63.1. The summed E-state index contributed by atoms with van der Waals surface area (Å²) < 4.78 is 0. The summed E-state index contributed by atoms with van der Waals surface area (Å²) >= 11 is 1.91. The van der Waals surface area contributed by atoms with Gasteiger partial charge in [-0.2, -0.15) is 0 Å². The van der Waals surface area contributed by atoms with E-state index >= 15 is 0 Å². The molecule has 242 valence electrons. The number of aromatic nitrogens is 3. The van der Waals surface area contributed by atoms with E-state index in [4.69, 9.17) is 15.0 Å². The van der Waals surface area contributed by atoms with E-state index in [1.807, 2.05) is 48.2 Å². The molecule has 1 aromatic heterocycles. The minimum absolute atomic E-state index is 0.626. The molecular weight excluding hydrogens is 651 g/mol. The molecular formula is C48H29N3S. The summed E-state index contributed by atoms with van der Waals surface area (Å²) in [6.45, 7) is 0. The molecule has 1 aliphatic heterocycles. The van der Waals surface area contributed by atoms with Crippen molar-refractivity contribution in [2.24, 2.45) is 0 Å². The van der Waals surface area contributed by atoms with E-state index in [-0.39, 0.29) is 0 Å². The van der Waals surface area contributed by atoms with Crippen LogP contribution in [0.25, 0.3) is 66.8 Å². The zero-order chi connectivity index (χ0) is 34.2. The first-order valence-electron chi connectivity index (χ1n) is 17.6. The van der Waals surface area contributed by atoms with Gasteiger partial charge in [-0.3, -0.25) is 0 Å². The highest BCUT2D eigenvalue weighted by Gasteiger charge is 2.52. The summed E-state index contributed by atoms with van der Waals surface area (Å²) in [4.78, 5) is 18.2. The Labute approximate surface area is 305 Å². The smallest absolute Gasteiger partial charge is 0.164 e. The third-order valence-electron chi connectivity index (χ3n) is 10.8. The molecule has 3 nitrogen and oxygen atoms in total. The van der Waals surface area contributed by atoms with Gasteiger partial charge in [0.2, 0.25) is 0 Å². The minimum atomic E-state index is -0.626. The van der Waals surface area contributed by atoms with Crippen LogP contribution in [0.3, 0.4) is 0 Å². The van der Waals surface area contributed by atoms with Gasteiger partial charge in [-0.15, -0.1) is 0 Å². The van der Waals surface area contributed by atoms with E-state index in [0.717, 1.165) is 16.7 Å². The number of fused-ring (bicyclic) bond motifs is 13. The van der Waals surface area contributed by atoms with E-state index < -0.39 is 5.41 Å². The molecule has 2 heterocycles. The second-order valence-corrected chi connectivity index (χ2v) is 14.5. The van der Waals surface area contributed by atoms with Crippen LogP contribution in [0.5, 0.6) is 0 Å². The van der Waals surface area contributed by atoms with E-state index in [1.54, 1.807) is 0 Å². The van der Waals surface area contributed by atoms with Gasteiger partial charge in [-0.1, -0.05) is 188 Å². The van der Waals surface area contributed by atoms with Crippen molar-refractivity contribution in [1.29, 1.82) is 0 Å². The Morgan fingerprint density at radius 3 is 1.44 bits per heavy atom. The third kappa shape index (κ3) is 4.13. The molecule has 0 atom stereocenters. The molecule has 1 aliphatic carbocycles. The van der Waals surface area contributed by atoms with Gasteiger partial charge in [0.1, 0.15) is 0 Å². The maximum absolute atomic E-state index is 5.30. The summed E-state index contributed by atoms with van der Waals surface area (Å²) in [7, 11) is 0. The molecule has 0 unspecified atom stereocenters. The molecule has 52 heavy (non-hydrogen) atoms. The molecule has 1 spiro atoms. The van der Waals surface area contributed by atoms with Crippen molar-refractivity contribution in [3.05, 3.63) is 198 Å². The number of nitrogens with zero attached hydrogens (tertiary/aromatic N) is 3. The lowest BCUT2D eigenvalue weighted by Crippen LogP contribution is -2.33. The topological polar surface area (TPSA) is 38.7 Å². The van der Waals surface area contributed by atoms with Crippen LogP contribution in [-0.2, 0) is 5.41 Å². The van der Waals surface area contributed by atoms with Gasteiger partial charge in [0.05, 0.1) is 5.41 Å². The predicted octanol–water partition coefficient (Wildman–Crippen LogP) is 12.0. The van der Waals surface area contributed by atoms with Gasteiger partial charge in [-0.25, -0.2) is 15.0 Å². The van der Waals surface area contributed by atoms with Crippen molar-refractivity contribution in [3.63, 3.8) is 0 Å². The van der Waals surface area contributed by atoms with Gasteiger partial charge >= 0.3 is 0 Å². The quantitative estimate of drug-likeness (QED) is 0.186. The van der Waals surface area contributed by atoms with Crippen molar-refractivity contribution in [3.8, 4) is 45.3 Å². The molecule has 0 N–H and O–H groups in total. The summed E-state index contributed by atoms with van der Waals surface area (Å²) in [6.07, 6.45) is 0. The summed E-state index contributed by atoms with van der Waals surface area (Å²) in [5.41, 5.74) is 9.82.